The molecule has 0 aliphatic rings. The zero-order chi connectivity index (χ0) is 10.4. The summed E-state index contributed by atoms with van der Waals surface area (Å²) in [5.74, 6) is -0.205. The third kappa shape index (κ3) is 3.42. The first kappa shape index (κ1) is 11.1. The van der Waals surface area contributed by atoms with E-state index in [0.717, 1.165) is 5.56 Å². The largest absolute Gasteiger partial charge is 0.312 e. The van der Waals surface area contributed by atoms with Crippen molar-refractivity contribution in [1.29, 1.82) is 0 Å². The molecule has 1 N–H and O–H groups in total. The van der Waals surface area contributed by atoms with Crippen molar-refractivity contribution in [2.45, 2.75) is 19.9 Å². The number of hydrogen-bond acceptors (Lipinski definition) is 1. The highest BCUT2D eigenvalue weighted by Crippen LogP contribution is 2.09. The van der Waals surface area contributed by atoms with Crippen LogP contribution >= 0.6 is 0 Å². The van der Waals surface area contributed by atoms with Gasteiger partial charge in [-0.15, -0.1) is 0 Å². The molecule has 0 atom stereocenters. The molecular weight excluding hydrogens is 184 g/mol. The fourth-order valence-corrected chi connectivity index (χ4v) is 1.25. The fraction of sp³-hybridized carbons (Fsp3) is 0.455. The average Bonchev–Trinajstić information content (AvgIpc) is 2.18. The SMILES string of the molecule is Cc1ccc(F)c(CNCCCF)c1. The number of aryl methyl sites for hydroxylation is 1. The number of hydrogen-bond donors (Lipinski definition) is 1. The molecule has 0 radical (unpaired) electrons. The van der Waals surface area contributed by atoms with E-state index in [2.05, 4.69) is 5.32 Å². The monoisotopic (exact) mass is 199 g/mol. The van der Waals surface area contributed by atoms with Crippen LogP contribution in [-0.4, -0.2) is 13.2 Å². The van der Waals surface area contributed by atoms with Gasteiger partial charge in [0.15, 0.2) is 0 Å². The molecule has 0 aliphatic heterocycles. The topological polar surface area (TPSA) is 12.0 Å². The number of nitrogens with one attached hydrogen (secondary N) is 1. The van der Waals surface area contributed by atoms with Gasteiger partial charge in [0.1, 0.15) is 5.82 Å². The van der Waals surface area contributed by atoms with Crippen molar-refractivity contribution in [3.63, 3.8) is 0 Å². The van der Waals surface area contributed by atoms with Crippen LogP contribution < -0.4 is 5.32 Å². The van der Waals surface area contributed by atoms with Gasteiger partial charge in [-0.3, -0.25) is 4.39 Å². The Morgan fingerprint density at radius 2 is 2.14 bits per heavy atom. The molecule has 0 saturated carbocycles. The maximum Gasteiger partial charge on any atom is 0.127 e. The minimum absolute atomic E-state index is 0.205. The highest BCUT2D eigenvalue weighted by molar-refractivity contribution is 5.23. The minimum atomic E-state index is -0.330. The van der Waals surface area contributed by atoms with Crippen LogP contribution in [0.2, 0.25) is 0 Å². The van der Waals surface area contributed by atoms with Crippen LogP contribution in [0.25, 0.3) is 0 Å². The van der Waals surface area contributed by atoms with Crippen LogP contribution in [-0.2, 0) is 6.54 Å². The van der Waals surface area contributed by atoms with Gasteiger partial charge in [-0.25, -0.2) is 4.39 Å². The molecule has 0 aliphatic carbocycles. The molecule has 1 aromatic carbocycles. The summed E-state index contributed by atoms with van der Waals surface area (Å²) in [6.45, 7) is 2.64. The molecule has 0 saturated heterocycles. The van der Waals surface area contributed by atoms with E-state index in [9.17, 15) is 8.78 Å². The highest BCUT2D eigenvalue weighted by atomic mass is 19.1. The number of alkyl halides is 1. The van der Waals surface area contributed by atoms with E-state index in [0.29, 0.717) is 25.1 Å². The first-order chi connectivity index (χ1) is 6.74. The second kappa shape index (κ2) is 5.70. The molecule has 0 aromatic heterocycles. The molecule has 0 unspecified atom stereocenters. The predicted molar refractivity (Wildman–Crippen MR) is 53.4 cm³/mol. The minimum Gasteiger partial charge on any atom is -0.312 e. The predicted octanol–water partition coefficient (Wildman–Crippen LogP) is 2.58. The number of rotatable bonds is 5. The zero-order valence-corrected chi connectivity index (χ0v) is 8.32. The summed E-state index contributed by atoms with van der Waals surface area (Å²) >= 11 is 0. The summed E-state index contributed by atoms with van der Waals surface area (Å²) in [6.07, 6.45) is 0.480. The molecule has 1 aromatic rings. The summed E-state index contributed by atoms with van der Waals surface area (Å²) < 4.78 is 24.9. The lowest BCUT2D eigenvalue weighted by Gasteiger charge is -2.05. The standard InChI is InChI=1S/C11H15F2N/c1-9-3-4-11(13)10(7-9)8-14-6-2-5-12/h3-4,7,14H,2,5-6,8H2,1H3. The van der Waals surface area contributed by atoms with E-state index in [4.69, 9.17) is 0 Å². The Morgan fingerprint density at radius 3 is 2.86 bits per heavy atom. The van der Waals surface area contributed by atoms with Gasteiger partial charge in [-0.2, -0.15) is 0 Å². The van der Waals surface area contributed by atoms with Crippen molar-refractivity contribution in [1.82, 2.24) is 5.32 Å². The molecule has 1 rings (SSSR count). The molecule has 14 heavy (non-hydrogen) atoms. The van der Waals surface area contributed by atoms with E-state index in [-0.39, 0.29) is 12.5 Å². The molecule has 0 amide bonds. The Kier molecular flexibility index (Phi) is 4.53. The second-order valence-electron chi connectivity index (χ2n) is 3.31. The van der Waals surface area contributed by atoms with Gasteiger partial charge >= 0.3 is 0 Å². The average molecular weight is 199 g/mol. The lowest BCUT2D eigenvalue weighted by molar-refractivity contribution is 0.457. The Morgan fingerprint density at radius 1 is 1.36 bits per heavy atom. The van der Waals surface area contributed by atoms with Gasteiger partial charge in [0, 0.05) is 12.1 Å². The maximum absolute atomic E-state index is 13.2. The van der Waals surface area contributed by atoms with Crippen molar-refractivity contribution in [2.24, 2.45) is 0 Å². The third-order valence-electron chi connectivity index (χ3n) is 2.00. The van der Waals surface area contributed by atoms with Crippen molar-refractivity contribution in [3.05, 3.63) is 35.1 Å². The van der Waals surface area contributed by atoms with Crippen molar-refractivity contribution in [2.75, 3.05) is 13.2 Å². The number of halogens is 2. The second-order valence-corrected chi connectivity index (χ2v) is 3.31. The Labute approximate surface area is 83.1 Å². The van der Waals surface area contributed by atoms with E-state index >= 15 is 0 Å². The molecule has 0 fully saturated rings. The van der Waals surface area contributed by atoms with Crippen LogP contribution in [0.15, 0.2) is 18.2 Å². The Balaban J connectivity index is 2.45. The molecule has 3 heteroatoms. The molecule has 0 spiro atoms. The van der Waals surface area contributed by atoms with Crippen LogP contribution in [0.1, 0.15) is 17.5 Å². The van der Waals surface area contributed by atoms with E-state index in [1.165, 1.54) is 6.07 Å². The highest BCUT2D eigenvalue weighted by Gasteiger charge is 2.00. The molecule has 78 valence electrons. The van der Waals surface area contributed by atoms with E-state index < -0.39 is 0 Å². The molecule has 0 heterocycles. The lowest BCUT2D eigenvalue weighted by Crippen LogP contribution is -2.16. The summed E-state index contributed by atoms with van der Waals surface area (Å²) in [5, 5.41) is 2.99. The van der Waals surface area contributed by atoms with Gasteiger partial charge in [-0.1, -0.05) is 17.7 Å². The molecular formula is C11H15F2N. The van der Waals surface area contributed by atoms with E-state index in [1.54, 1.807) is 12.1 Å². The first-order valence-corrected chi connectivity index (χ1v) is 4.75. The van der Waals surface area contributed by atoms with Gasteiger partial charge in [0.2, 0.25) is 0 Å². The van der Waals surface area contributed by atoms with E-state index in [1.807, 2.05) is 6.92 Å². The quantitative estimate of drug-likeness (QED) is 0.719. The normalized spacial score (nSPS) is 10.5. The smallest absolute Gasteiger partial charge is 0.127 e. The Bertz CT molecular complexity index is 287. The van der Waals surface area contributed by atoms with Crippen molar-refractivity contribution < 1.29 is 8.78 Å². The van der Waals surface area contributed by atoms with Gasteiger partial charge in [-0.05, 0) is 26.0 Å². The van der Waals surface area contributed by atoms with Gasteiger partial charge in [0.25, 0.3) is 0 Å². The van der Waals surface area contributed by atoms with Crippen molar-refractivity contribution >= 4 is 0 Å². The van der Waals surface area contributed by atoms with Crippen LogP contribution in [0.3, 0.4) is 0 Å². The molecule has 1 nitrogen and oxygen atoms in total. The zero-order valence-electron chi connectivity index (χ0n) is 8.32. The van der Waals surface area contributed by atoms with Crippen LogP contribution in [0.5, 0.6) is 0 Å². The van der Waals surface area contributed by atoms with Crippen molar-refractivity contribution in [3.8, 4) is 0 Å². The molecule has 0 bridgehead atoms. The number of benzene rings is 1. The van der Waals surface area contributed by atoms with Gasteiger partial charge < -0.3 is 5.32 Å². The van der Waals surface area contributed by atoms with Crippen LogP contribution in [0, 0.1) is 12.7 Å². The Hall–Kier alpha value is -0.960. The van der Waals surface area contributed by atoms with Crippen LogP contribution in [0.4, 0.5) is 8.78 Å². The third-order valence-corrected chi connectivity index (χ3v) is 2.00. The fourth-order valence-electron chi connectivity index (χ4n) is 1.25. The van der Waals surface area contributed by atoms with Gasteiger partial charge in [0.05, 0.1) is 6.67 Å². The summed E-state index contributed by atoms with van der Waals surface area (Å²) in [7, 11) is 0. The first-order valence-electron chi connectivity index (χ1n) is 4.75. The summed E-state index contributed by atoms with van der Waals surface area (Å²) in [4.78, 5) is 0. The lowest BCUT2D eigenvalue weighted by atomic mass is 10.1. The maximum atomic E-state index is 13.2. The summed E-state index contributed by atoms with van der Waals surface area (Å²) in [6, 6.07) is 5.00. The summed E-state index contributed by atoms with van der Waals surface area (Å²) in [5.41, 5.74) is 1.68.